The van der Waals surface area contributed by atoms with Crippen molar-refractivity contribution < 1.29 is 25.2 Å². The lowest BCUT2D eigenvalue weighted by atomic mass is 9.72. The average Bonchev–Trinajstić information content (AvgIpc) is 2.94. The first kappa shape index (κ1) is 29.4. The van der Waals surface area contributed by atoms with Crippen LogP contribution in [0.2, 0.25) is 0 Å². The number of hydrogen-bond donors (Lipinski definition) is 4. The Labute approximate surface area is 226 Å². The number of rotatable bonds is 9. The molecule has 0 saturated carbocycles. The van der Waals surface area contributed by atoms with Crippen molar-refractivity contribution in [3.63, 3.8) is 0 Å². The number of likely N-dealkylation sites (tertiary alicyclic amines) is 1. The van der Waals surface area contributed by atoms with Gasteiger partial charge in [0.25, 0.3) is 0 Å². The van der Waals surface area contributed by atoms with Crippen molar-refractivity contribution in [2.45, 2.75) is 51.2 Å². The van der Waals surface area contributed by atoms with Gasteiger partial charge in [0, 0.05) is 5.56 Å². The van der Waals surface area contributed by atoms with Gasteiger partial charge < -0.3 is 25.3 Å². The second kappa shape index (κ2) is 14.1. The maximum atomic E-state index is 12.0. The molecule has 38 heavy (non-hydrogen) atoms. The van der Waals surface area contributed by atoms with Crippen molar-refractivity contribution in [1.29, 1.82) is 0 Å². The molecule has 1 fully saturated rings. The van der Waals surface area contributed by atoms with Crippen LogP contribution in [0.4, 0.5) is 0 Å². The number of phenols is 1. The van der Waals surface area contributed by atoms with Crippen LogP contribution in [0.5, 0.6) is 5.75 Å². The zero-order chi connectivity index (χ0) is 27.5. The van der Waals surface area contributed by atoms with Gasteiger partial charge in [-0.15, -0.1) is 0 Å². The monoisotopic (exact) mass is 519 g/mol. The van der Waals surface area contributed by atoms with E-state index in [0.717, 1.165) is 50.0 Å². The standard InChI is InChI=1S/C28H33NO3.C4H8O2/c30-26-15-8-7-14-25(26)27(31)16-9-19-29-20-17-24(18-21-29)28(32,22-10-3-1-4-11-22)23-12-5-2-6-13-23;1-3(2)4(5)6/h1-8,10-15,24,27,30-32H,9,16-21H2;3H,1-2H3,(H,5,6). The number of phenolic OH excluding ortho intramolecular Hbond substituents is 1. The Morgan fingerprint density at radius 1 is 0.895 bits per heavy atom. The van der Waals surface area contributed by atoms with Crippen LogP contribution in [0.25, 0.3) is 0 Å². The molecule has 6 heteroatoms. The highest BCUT2D eigenvalue weighted by Crippen LogP contribution is 2.42. The summed E-state index contributed by atoms with van der Waals surface area (Å²) in [5.41, 5.74) is 1.52. The summed E-state index contributed by atoms with van der Waals surface area (Å²) < 4.78 is 0. The number of aromatic hydroxyl groups is 1. The Morgan fingerprint density at radius 2 is 1.37 bits per heavy atom. The van der Waals surface area contributed by atoms with Crippen LogP contribution in [-0.2, 0) is 10.4 Å². The number of carboxylic acid groups (broad SMARTS) is 1. The quantitative estimate of drug-likeness (QED) is 0.294. The summed E-state index contributed by atoms with van der Waals surface area (Å²) in [7, 11) is 0. The lowest BCUT2D eigenvalue weighted by Crippen LogP contribution is -2.44. The van der Waals surface area contributed by atoms with Gasteiger partial charge in [0.15, 0.2) is 0 Å². The van der Waals surface area contributed by atoms with Crippen LogP contribution in [0.3, 0.4) is 0 Å². The Kier molecular flexibility index (Phi) is 10.9. The summed E-state index contributed by atoms with van der Waals surface area (Å²) in [5.74, 6) is -0.669. The molecule has 0 aliphatic carbocycles. The van der Waals surface area contributed by atoms with Crippen molar-refractivity contribution in [2.75, 3.05) is 19.6 Å². The molecular weight excluding hydrogens is 478 g/mol. The zero-order valence-corrected chi connectivity index (χ0v) is 22.4. The summed E-state index contributed by atoms with van der Waals surface area (Å²) in [6, 6.07) is 27.1. The van der Waals surface area contributed by atoms with Crippen LogP contribution in [0, 0.1) is 11.8 Å². The number of carbonyl (C=O) groups is 1. The molecule has 4 N–H and O–H groups in total. The van der Waals surface area contributed by atoms with Gasteiger partial charge in [-0.2, -0.15) is 0 Å². The summed E-state index contributed by atoms with van der Waals surface area (Å²) in [6.07, 6.45) is 2.68. The smallest absolute Gasteiger partial charge is 0.305 e. The third-order valence-electron chi connectivity index (χ3n) is 7.35. The third-order valence-corrected chi connectivity index (χ3v) is 7.35. The first-order valence-corrected chi connectivity index (χ1v) is 13.5. The Morgan fingerprint density at radius 3 is 1.84 bits per heavy atom. The van der Waals surface area contributed by atoms with Gasteiger partial charge in [-0.3, -0.25) is 4.79 Å². The maximum absolute atomic E-state index is 12.0. The Bertz CT molecular complexity index is 1070. The Balaban J connectivity index is 0.000000599. The fourth-order valence-electron chi connectivity index (χ4n) is 5.03. The van der Waals surface area contributed by atoms with E-state index in [0.29, 0.717) is 12.0 Å². The zero-order valence-electron chi connectivity index (χ0n) is 22.4. The lowest BCUT2D eigenvalue weighted by molar-refractivity contribution is -0.140. The van der Waals surface area contributed by atoms with E-state index < -0.39 is 17.7 Å². The van der Waals surface area contributed by atoms with Gasteiger partial charge in [0.05, 0.1) is 12.0 Å². The van der Waals surface area contributed by atoms with Crippen molar-refractivity contribution in [3.05, 3.63) is 102 Å². The van der Waals surface area contributed by atoms with Gasteiger partial charge in [0.1, 0.15) is 11.4 Å². The van der Waals surface area contributed by atoms with Gasteiger partial charge in [-0.1, -0.05) is 92.7 Å². The molecule has 3 aromatic rings. The van der Waals surface area contributed by atoms with Gasteiger partial charge in [-0.25, -0.2) is 0 Å². The molecule has 3 aromatic carbocycles. The van der Waals surface area contributed by atoms with Gasteiger partial charge >= 0.3 is 5.97 Å². The number of aliphatic hydroxyl groups excluding tert-OH is 1. The van der Waals surface area contributed by atoms with E-state index in [1.54, 1.807) is 32.0 Å². The summed E-state index contributed by atoms with van der Waals surface area (Å²) >= 11 is 0. The molecule has 0 radical (unpaired) electrons. The summed E-state index contributed by atoms with van der Waals surface area (Å²) in [5, 5.41) is 40.3. The lowest BCUT2D eigenvalue weighted by Gasteiger charge is -2.42. The highest BCUT2D eigenvalue weighted by Gasteiger charge is 2.41. The number of carboxylic acids is 1. The van der Waals surface area contributed by atoms with E-state index in [9.17, 15) is 20.1 Å². The fourth-order valence-corrected chi connectivity index (χ4v) is 5.03. The predicted octanol–water partition coefficient (Wildman–Crippen LogP) is 5.58. The Hall–Kier alpha value is -3.19. The van der Waals surface area contributed by atoms with Crippen molar-refractivity contribution in [1.82, 2.24) is 4.90 Å². The minimum absolute atomic E-state index is 0.149. The van der Waals surface area contributed by atoms with Crippen LogP contribution in [0.15, 0.2) is 84.9 Å². The number of aliphatic hydroxyl groups is 2. The van der Waals surface area contributed by atoms with Gasteiger partial charge in [-0.05, 0) is 68.4 Å². The molecule has 0 aromatic heterocycles. The largest absolute Gasteiger partial charge is 0.508 e. The molecule has 4 rings (SSSR count). The SMILES string of the molecule is CC(C)C(=O)O.Oc1ccccc1C(O)CCCN1CCC(C(O)(c2ccccc2)c2ccccc2)CC1. The minimum atomic E-state index is -0.990. The molecule has 1 aliphatic heterocycles. The third kappa shape index (κ3) is 7.67. The first-order valence-electron chi connectivity index (χ1n) is 13.5. The number of para-hydroxylation sites is 1. The van der Waals surface area contributed by atoms with Crippen LogP contribution < -0.4 is 0 Å². The topological polar surface area (TPSA) is 101 Å². The highest BCUT2D eigenvalue weighted by atomic mass is 16.4. The van der Waals surface area contributed by atoms with E-state index in [2.05, 4.69) is 4.90 Å². The first-order chi connectivity index (χ1) is 18.2. The van der Waals surface area contributed by atoms with Crippen LogP contribution in [0.1, 0.15) is 62.3 Å². The molecule has 0 spiro atoms. The molecule has 1 aliphatic rings. The fraction of sp³-hybridized carbons (Fsp3) is 0.406. The molecule has 0 amide bonds. The molecule has 1 unspecified atom stereocenters. The van der Waals surface area contributed by atoms with Gasteiger partial charge in [0.2, 0.25) is 0 Å². The number of hydrogen-bond acceptors (Lipinski definition) is 5. The molecule has 6 nitrogen and oxygen atoms in total. The van der Waals surface area contributed by atoms with E-state index >= 15 is 0 Å². The van der Waals surface area contributed by atoms with Crippen LogP contribution in [-0.4, -0.2) is 50.9 Å². The maximum Gasteiger partial charge on any atom is 0.305 e. The minimum Gasteiger partial charge on any atom is -0.508 e. The number of piperidine rings is 1. The predicted molar refractivity (Wildman–Crippen MR) is 150 cm³/mol. The van der Waals surface area contributed by atoms with E-state index in [1.165, 1.54) is 0 Å². The van der Waals surface area contributed by atoms with E-state index in [4.69, 9.17) is 5.11 Å². The summed E-state index contributed by atoms with van der Waals surface area (Å²) in [6.45, 7) is 6.05. The molecule has 0 bridgehead atoms. The van der Waals surface area contributed by atoms with E-state index in [-0.39, 0.29) is 17.6 Å². The van der Waals surface area contributed by atoms with Crippen molar-refractivity contribution >= 4 is 5.97 Å². The van der Waals surface area contributed by atoms with Crippen molar-refractivity contribution in [3.8, 4) is 5.75 Å². The molecule has 204 valence electrons. The highest BCUT2D eigenvalue weighted by molar-refractivity contribution is 5.68. The normalized spacial score (nSPS) is 15.5. The summed E-state index contributed by atoms with van der Waals surface area (Å²) in [4.78, 5) is 12.1. The number of benzene rings is 3. The molecule has 1 saturated heterocycles. The molecule has 1 atom stereocenters. The molecular formula is C32H41NO5. The van der Waals surface area contributed by atoms with Crippen LogP contribution >= 0.6 is 0 Å². The van der Waals surface area contributed by atoms with E-state index in [1.807, 2.05) is 66.7 Å². The second-order valence-electron chi connectivity index (χ2n) is 10.3. The second-order valence-corrected chi connectivity index (χ2v) is 10.3. The van der Waals surface area contributed by atoms with Crippen molar-refractivity contribution in [2.24, 2.45) is 11.8 Å². The average molecular weight is 520 g/mol. The number of nitrogens with zero attached hydrogens (tertiary/aromatic N) is 1. The molecule has 1 heterocycles. The number of aliphatic carboxylic acids is 1.